The third-order valence-corrected chi connectivity index (χ3v) is 14.5. The molecule has 1 aliphatic heterocycles. The van der Waals surface area contributed by atoms with E-state index < -0.39 is 113 Å². The number of halogens is 8. The Morgan fingerprint density at radius 1 is 0.593 bits per heavy atom. The summed E-state index contributed by atoms with van der Waals surface area (Å²) in [5, 5.41) is 30.3. The van der Waals surface area contributed by atoms with Crippen LogP contribution in [0.1, 0.15) is 235 Å². The fourth-order valence-electron chi connectivity index (χ4n) is 7.11. The topological polar surface area (TPSA) is 320 Å². The number of esters is 4. The highest BCUT2D eigenvalue weighted by Gasteiger charge is 2.41. The van der Waals surface area contributed by atoms with Crippen molar-refractivity contribution in [3.05, 3.63) is 132 Å². The number of carbonyl (C=O) groups excluding carboxylic acids is 7. The number of rotatable bonds is 13. The molecule has 4 aromatic rings. The van der Waals surface area contributed by atoms with E-state index in [1.165, 1.54) is 89.4 Å². The van der Waals surface area contributed by atoms with Crippen LogP contribution in [0.5, 0.6) is 23.0 Å². The van der Waals surface area contributed by atoms with Crippen molar-refractivity contribution >= 4 is 83.2 Å². The SMILES string of the molecule is C.C=C=NC(C)(C)C.C=[N+]=NC(=O)C(C)(C)C.CC(C)(C)C.COC(=[NH2+])C(C)(C)C.Cc1c(F)c(F)c(F)c(OC(=O)C(C)(C)C)c1F.Cc1cc(F)c(F)c(OC(=O)C(C)(C)C)c1F.Cc1ccc(OC(=O)C(C)(C)C)c([N+](=O)[O-])c1.Cc1ccc(OC(=O)CCCCCN2C(=O)CC(SC(C)(C)C)C2=O)c([N+](=O)[O-])c1.[Cl-]. The molecule has 0 bridgehead atoms. The molecule has 1 atom stereocenters. The van der Waals surface area contributed by atoms with Gasteiger partial charge in [-0.2, -0.15) is 8.78 Å². The summed E-state index contributed by atoms with van der Waals surface area (Å²) in [7, 11) is 1.58. The Morgan fingerprint density at radius 2 is 1.00 bits per heavy atom. The van der Waals surface area contributed by atoms with E-state index in [-0.39, 0.29) is 99.8 Å². The Balaban J connectivity index is -0.000000416. The zero-order valence-corrected chi connectivity index (χ0v) is 72.1. The summed E-state index contributed by atoms with van der Waals surface area (Å²) in [6.07, 6.45) is 2.09. The average molecular weight is 1650 g/mol. The van der Waals surface area contributed by atoms with Crippen molar-refractivity contribution in [3.8, 4) is 23.0 Å². The molecule has 0 aromatic heterocycles. The predicted molar refractivity (Wildman–Crippen MR) is 422 cm³/mol. The van der Waals surface area contributed by atoms with Crippen molar-refractivity contribution < 1.29 is 120 Å². The minimum Gasteiger partial charge on any atom is -1.00 e. The number of nitro benzene ring substituents is 2. The van der Waals surface area contributed by atoms with Crippen LogP contribution in [-0.4, -0.2) is 109 Å². The first kappa shape index (κ1) is 112. The highest BCUT2D eigenvalue weighted by atomic mass is 35.5. The summed E-state index contributed by atoms with van der Waals surface area (Å²) in [6, 6.07) is 9.62. The first-order chi connectivity index (χ1) is 49.9. The van der Waals surface area contributed by atoms with E-state index in [2.05, 4.69) is 71.2 Å². The molecule has 3 amide bonds. The van der Waals surface area contributed by atoms with E-state index in [4.69, 9.17) is 19.6 Å². The van der Waals surface area contributed by atoms with Gasteiger partial charge in [0.2, 0.25) is 46.4 Å². The van der Waals surface area contributed by atoms with Crippen LogP contribution in [0.15, 0.2) is 59.2 Å². The molecule has 1 unspecified atom stereocenters. The maximum atomic E-state index is 13.5. The Morgan fingerprint density at radius 3 is 1.33 bits per heavy atom. The van der Waals surface area contributed by atoms with Gasteiger partial charge in [-0.1, -0.05) is 95.2 Å². The van der Waals surface area contributed by atoms with Crippen LogP contribution in [0.3, 0.4) is 0 Å². The first-order valence-electron chi connectivity index (χ1n) is 34.9. The number of ether oxygens (including phenoxy) is 5. The van der Waals surface area contributed by atoms with E-state index in [1.54, 1.807) is 74.6 Å². The molecule has 0 aliphatic carbocycles. The molecule has 0 saturated carbocycles. The van der Waals surface area contributed by atoms with Gasteiger partial charge in [0.15, 0.2) is 34.2 Å². The Bertz CT molecular complexity index is 3970. The number of amides is 3. The second kappa shape index (κ2) is 48.1. The number of carbonyl (C=O) groups is 7. The Hall–Kier alpha value is -9.18. The molecule has 23 nitrogen and oxygen atoms in total. The molecule has 4 aromatic carbocycles. The van der Waals surface area contributed by atoms with Gasteiger partial charge in [0, 0.05) is 41.8 Å². The third-order valence-electron chi connectivity index (χ3n) is 13.2. The fourth-order valence-corrected chi connectivity index (χ4v) is 8.42. The predicted octanol–water partition coefficient (Wildman–Crippen LogP) is 15.8. The van der Waals surface area contributed by atoms with Gasteiger partial charge in [-0.05, 0) is 197 Å². The van der Waals surface area contributed by atoms with Gasteiger partial charge in [0.05, 0.1) is 59.6 Å². The summed E-state index contributed by atoms with van der Waals surface area (Å²) in [6.45, 7) is 58.6. The first-order valence-corrected chi connectivity index (χ1v) is 35.8. The molecular weight excluding hydrogens is 1530 g/mol. The van der Waals surface area contributed by atoms with Gasteiger partial charge < -0.3 is 36.1 Å². The number of nitrogens with two attached hydrogens (primary N) is 1. The molecular formula is C81H120ClF7N7O16S+. The van der Waals surface area contributed by atoms with Crippen LogP contribution >= 0.6 is 11.8 Å². The molecule has 1 aliphatic rings. The minimum absolute atomic E-state index is 0. The van der Waals surface area contributed by atoms with Crippen molar-refractivity contribution in [2.75, 3.05) is 13.7 Å². The molecule has 1 saturated heterocycles. The number of aryl methyl sites for hydroxylation is 3. The zero-order valence-electron chi connectivity index (χ0n) is 70.5. The van der Waals surface area contributed by atoms with Crippen molar-refractivity contribution in [2.24, 2.45) is 42.6 Å². The van der Waals surface area contributed by atoms with Crippen LogP contribution in [0, 0.1) is 121 Å². The molecule has 5 rings (SSSR count). The normalized spacial score (nSPS) is 12.4. The minimum atomic E-state index is -1.87. The lowest BCUT2D eigenvalue weighted by Crippen LogP contribution is -3.00. The number of hydrogen-bond acceptors (Lipinski definition) is 18. The monoisotopic (exact) mass is 1650 g/mol. The maximum Gasteiger partial charge on any atom is 0.338 e. The smallest absolute Gasteiger partial charge is 0.338 e. The highest BCUT2D eigenvalue weighted by Crippen LogP contribution is 2.37. The van der Waals surface area contributed by atoms with Crippen molar-refractivity contribution in [2.45, 2.75) is 256 Å². The van der Waals surface area contributed by atoms with Gasteiger partial charge in [-0.25, -0.2) is 32.4 Å². The van der Waals surface area contributed by atoms with Gasteiger partial charge in [0.1, 0.15) is 0 Å². The molecule has 2 N–H and O–H groups in total. The van der Waals surface area contributed by atoms with Crippen LogP contribution < -0.4 is 36.8 Å². The fraction of sp³-hybridized carbons (Fsp3) is 0.568. The zero-order chi connectivity index (χ0) is 88.0. The number of methoxy groups -OCH3 is 1. The molecule has 32 heteroatoms. The Labute approximate surface area is 672 Å². The van der Waals surface area contributed by atoms with Crippen LogP contribution in [0.4, 0.5) is 42.1 Å². The van der Waals surface area contributed by atoms with E-state index in [9.17, 15) is 84.5 Å². The van der Waals surface area contributed by atoms with E-state index in [1.807, 2.05) is 62.3 Å². The maximum absolute atomic E-state index is 13.5. The lowest BCUT2D eigenvalue weighted by Gasteiger charge is -2.21. The summed E-state index contributed by atoms with van der Waals surface area (Å²) in [4.78, 5) is 111. The number of nitro groups is 2. The number of likely N-dealkylation sites (tertiary alicyclic amines) is 1. The summed E-state index contributed by atoms with van der Waals surface area (Å²) >= 11 is 1.51. The second-order valence-corrected chi connectivity index (χ2v) is 35.9. The van der Waals surface area contributed by atoms with Crippen molar-refractivity contribution in [3.63, 3.8) is 0 Å². The van der Waals surface area contributed by atoms with E-state index in [0.717, 1.165) is 12.5 Å². The van der Waals surface area contributed by atoms with E-state index >= 15 is 0 Å². The summed E-state index contributed by atoms with van der Waals surface area (Å²) < 4.78 is 117. The molecule has 1 heterocycles. The number of imide groups is 1. The Kier molecular flexibility index (Phi) is 47.9. The number of aliphatic imine (C=N–C) groups is 1. The van der Waals surface area contributed by atoms with Gasteiger partial charge >= 0.3 is 47.1 Å². The number of unbranched alkanes of at least 4 members (excludes halogenated alkanes) is 2. The highest BCUT2D eigenvalue weighted by molar-refractivity contribution is 8.01. The number of benzene rings is 4. The summed E-state index contributed by atoms with van der Waals surface area (Å²) in [5.74, 6) is -13.2. The quantitative estimate of drug-likeness (QED) is 0.0104. The molecule has 1 fully saturated rings. The van der Waals surface area contributed by atoms with Crippen LogP contribution in [0.25, 0.3) is 0 Å². The molecule has 113 heavy (non-hydrogen) atoms. The lowest BCUT2D eigenvalue weighted by atomic mass is 9.96. The average Bonchev–Trinajstić information content (AvgIpc) is 1.73. The van der Waals surface area contributed by atoms with E-state index in [0.29, 0.717) is 48.7 Å². The third kappa shape index (κ3) is 44.8. The van der Waals surface area contributed by atoms with Gasteiger partial charge in [-0.3, -0.25) is 58.7 Å². The van der Waals surface area contributed by atoms with Gasteiger partial charge in [0.25, 0.3) is 6.72 Å². The van der Waals surface area contributed by atoms with Crippen LogP contribution in [0.2, 0.25) is 0 Å². The summed E-state index contributed by atoms with van der Waals surface area (Å²) in [5.41, 5.74) is -2.46. The number of hydrogen-bond donors (Lipinski definition) is 1. The molecule has 0 spiro atoms. The lowest BCUT2D eigenvalue weighted by molar-refractivity contribution is -0.385. The van der Waals surface area contributed by atoms with Crippen molar-refractivity contribution in [1.82, 2.24) is 4.90 Å². The number of nitrogens with zero attached hydrogens (tertiary/aromatic N) is 6. The van der Waals surface area contributed by atoms with Gasteiger partial charge in [-0.15, -0.1) is 11.8 Å². The molecule has 636 valence electrons. The number of thioether (sulfide) groups is 1. The van der Waals surface area contributed by atoms with Crippen LogP contribution in [-0.2, 0) is 38.3 Å². The second-order valence-electron chi connectivity index (χ2n) is 33.9. The van der Waals surface area contributed by atoms with Crippen molar-refractivity contribution in [1.29, 1.82) is 0 Å². The largest absolute Gasteiger partial charge is 1.00 e. The molecule has 0 radical (unpaired) electrons. The standard InChI is InChI=1S/C21H28N2O6S.C12H12F4O2.C12H13F3O2.C12H15NO4.C6H11N2O.C6H13NO.C6H11N.C5H12.CH4.ClH/c1-14-9-10-16(15(12-14)23(27)28)29-19(25)8-6-5-7-11-22-18(24)13-17(20(22)26)30-21(2,3)4;1-5-6(13)8(15)9(16)10(7(5)14)18-11(17)12(2,3)4;1-6-5-7(13)9(15)10(8(6)14)17-11(16)12(2,3)4;1-8-5-6-10(9(7-8)13(15)16)17-11(14)12(2,3)4;1-6(2,3)5(9)8-7-4;1-6(2,3)5(7)8-4;1-5-7-6(2,3)4;1-5(2,3)4;;/h9-10,12,17H,5-8,11,13H2,1-4H3;1-4H3;5H,1-4H3;5-7H,1-4H3;4H2,1-3H3;7H,1-4H3;1H2,2-4H3;1-4H3;1H4;1H/q;;;;+1;;;;;.